The van der Waals surface area contributed by atoms with Crippen LogP contribution in [0.25, 0.3) is 0 Å². The van der Waals surface area contributed by atoms with Crippen molar-refractivity contribution >= 4 is 17.3 Å². The van der Waals surface area contributed by atoms with E-state index in [0.29, 0.717) is 5.57 Å². The summed E-state index contributed by atoms with van der Waals surface area (Å²) < 4.78 is 2.04. The molecule has 3 rings (SSSR count). The highest BCUT2D eigenvalue weighted by molar-refractivity contribution is 6.11. The molecule has 1 aliphatic heterocycles. The fraction of sp³-hybridized carbons (Fsp3) is 0.105. The van der Waals surface area contributed by atoms with Crippen LogP contribution in [0.15, 0.2) is 78.4 Å². The van der Waals surface area contributed by atoms with Gasteiger partial charge in [-0.2, -0.15) is 0 Å². The predicted octanol–water partition coefficient (Wildman–Crippen LogP) is 3.77. The van der Waals surface area contributed by atoms with E-state index in [1.54, 1.807) is 6.08 Å². The average molecular weight is 274 g/mol. The Morgan fingerprint density at radius 2 is 1.62 bits per heavy atom. The smallest absolute Gasteiger partial charge is 0.214 e. The molecule has 2 nitrogen and oxygen atoms in total. The van der Waals surface area contributed by atoms with Crippen LogP contribution in [0.5, 0.6) is 0 Å². The quantitative estimate of drug-likeness (QED) is 0.616. The number of hydrogen-bond acceptors (Lipinski definition) is 1. The first-order valence-electron chi connectivity index (χ1n) is 7.06. The third kappa shape index (κ3) is 3.07. The molecule has 0 N–H and O–H groups in total. The molecule has 0 radical (unpaired) electrons. The topological polar surface area (TPSA) is 20.1 Å². The maximum absolute atomic E-state index is 12.4. The molecule has 0 aromatic heterocycles. The Bertz CT molecular complexity index is 736. The number of rotatable bonds is 3. The molecule has 2 aromatic rings. The van der Waals surface area contributed by atoms with Crippen LogP contribution in [0.2, 0.25) is 0 Å². The lowest BCUT2D eigenvalue weighted by Crippen LogP contribution is -2.04. The standard InChI is InChI=1S/C19H16NO/c21-19(16-8-3-1-4-9-16)17-10-7-14-20(15-13-17)18-11-5-2-6-12-18/h1-6,8-13H,7,14H2/q+1. The van der Waals surface area contributed by atoms with Crippen LogP contribution in [-0.2, 0) is 0 Å². The molecule has 21 heavy (non-hydrogen) atoms. The first-order chi connectivity index (χ1) is 10.3. The minimum atomic E-state index is 0.0537. The predicted molar refractivity (Wildman–Crippen MR) is 84.3 cm³/mol. The lowest BCUT2D eigenvalue weighted by molar-refractivity contribution is -0.431. The lowest BCUT2D eigenvalue weighted by atomic mass is 10.0. The van der Waals surface area contributed by atoms with E-state index >= 15 is 0 Å². The van der Waals surface area contributed by atoms with Crippen LogP contribution in [0, 0.1) is 0 Å². The van der Waals surface area contributed by atoms with Gasteiger partial charge in [-0.1, -0.05) is 54.6 Å². The van der Waals surface area contributed by atoms with Crippen LogP contribution < -0.4 is 0 Å². The van der Waals surface area contributed by atoms with E-state index in [9.17, 15) is 4.79 Å². The van der Waals surface area contributed by atoms with Gasteiger partial charge in [-0.15, -0.1) is 4.58 Å². The van der Waals surface area contributed by atoms with Crippen LogP contribution in [0.3, 0.4) is 0 Å². The summed E-state index contributed by atoms with van der Waals surface area (Å²) in [6.45, 7) is 0.825. The largest absolute Gasteiger partial charge is 0.289 e. The molecule has 0 spiro atoms. The Kier molecular flexibility index (Phi) is 3.90. The third-order valence-corrected chi connectivity index (χ3v) is 3.46. The monoisotopic (exact) mass is 274 g/mol. The maximum atomic E-state index is 12.4. The molecule has 0 aliphatic carbocycles. The first-order valence-corrected chi connectivity index (χ1v) is 7.06. The summed E-state index contributed by atoms with van der Waals surface area (Å²) >= 11 is 0. The SMILES string of the molecule is O=C(C1=CCC[N+](c2ccccc2)=C=C1)c1ccccc1. The molecule has 1 aliphatic rings. The van der Waals surface area contributed by atoms with Crippen LogP contribution in [0.4, 0.5) is 5.69 Å². The Hall–Kier alpha value is -2.70. The zero-order valence-electron chi connectivity index (χ0n) is 11.7. The first kappa shape index (κ1) is 13.3. The second kappa shape index (κ2) is 6.17. The summed E-state index contributed by atoms with van der Waals surface area (Å²) in [7, 11) is 0. The van der Waals surface area contributed by atoms with Crippen molar-refractivity contribution in [1.29, 1.82) is 0 Å². The van der Waals surface area contributed by atoms with E-state index in [2.05, 4.69) is 5.87 Å². The number of para-hydroxylation sites is 1. The van der Waals surface area contributed by atoms with Crippen molar-refractivity contribution in [3.8, 4) is 0 Å². The summed E-state index contributed by atoms with van der Waals surface area (Å²) in [5.74, 6) is 3.27. The molecule has 1 heterocycles. The molecule has 0 unspecified atom stereocenters. The van der Waals surface area contributed by atoms with Gasteiger partial charge < -0.3 is 0 Å². The Morgan fingerprint density at radius 3 is 2.33 bits per heavy atom. The highest BCUT2D eigenvalue weighted by Gasteiger charge is 2.14. The summed E-state index contributed by atoms with van der Waals surface area (Å²) in [4.78, 5) is 12.4. The number of carbonyl (C=O) groups excluding carboxylic acids is 1. The third-order valence-electron chi connectivity index (χ3n) is 3.46. The number of allylic oxidation sites excluding steroid dienone is 2. The van der Waals surface area contributed by atoms with E-state index in [1.807, 2.05) is 71.3 Å². The summed E-state index contributed by atoms with van der Waals surface area (Å²) in [6, 6.07) is 19.5. The van der Waals surface area contributed by atoms with Gasteiger partial charge in [-0.05, 0) is 0 Å². The summed E-state index contributed by atoms with van der Waals surface area (Å²) in [5, 5.41) is 0. The van der Waals surface area contributed by atoms with Crippen molar-refractivity contribution in [2.75, 3.05) is 6.54 Å². The van der Waals surface area contributed by atoms with Crippen molar-refractivity contribution in [2.24, 2.45) is 0 Å². The molecule has 0 fully saturated rings. The normalized spacial score (nSPS) is 14.1. The second-order valence-corrected chi connectivity index (χ2v) is 4.90. The van der Waals surface area contributed by atoms with Crippen LogP contribution >= 0.6 is 0 Å². The molecule has 0 atom stereocenters. The Morgan fingerprint density at radius 1 is 0.952 bits per heavy atom. The molecular formula is C19H16NO+. The van der Waals surface area contributed by atoms with Gasteiger partial charge in [0.2, 0.25) is 5.69 Å². The molecule has 102 valence electrons. The molecule has 0 saturated heterocycles. The van der Waals surface area contributed by atoms with Crippen molar-refractivity contribution in [1.82, 2.24) is 0 Å². The number of Topliss-reactive ketones (excluding diaryl/α,β-unsaturated/α-hetero) is 1. The van der Waals surface area contributed by atoms with E-state index in [-0.39, 0.29) is 5.78 Å². The molecule has 0 saturated carbocycles. The van der Waals surface area contributed by atoms with Crippen molar-refractivity contribution in [3.63, 3.8) is 0 Å². The highest BCUT2D eigenvalue weighted by Crippen LogP contribution is 2.14. The van der Waals surface area contributed by atoms with Gasteiger partial charge in [0.25, 0.3) is 0 Å². The van der Waals surface area contributed by atoms with Crippen molar-refractivity contribution < 1.29 is 9.37 Å². The van der Waals surface area contributed by atoms with Crippen molar-refractivity contribution in [3.05, 3.63) is 84.0 Å². The van der Waals surface area contributed by atoms with Gasteiger partial charge in [0.1, 0.15) is 0 Å². The lowest BCUT2D eigenvalue weighted by Gasteiger charge is -1.99. The second-order valence-electron chi connectivity index (χ2n) is 4.90. The molecular weight excluding hydrogens is 258 g/mol. The molecule has 2 heteroatoms. The Labute approximate surface area is 124 Å². The van der Waals surface area contributed by atoms with Gasteiger partial charge >= 0.3 is 0 Å². The van der Waals surface area contributed by atoms with E-state index in [0.717, 1.165) is 24.2 Å². The van der Waals surface area contributed by atoms with Gasteiger partial charge in [0, 0.05) is 29.7 Å². The highest BCUT2D eigenvalue weighted by atomic mass is 16.1. The minimum Gasteiger partial charge on any atom is -0.289 e. The number of ketones is 1. The van der Waals surface area contributed by atoms with Gasteiger partial charge in [-0.25, -0.2) is 0 Å². The fourth-order valence-electron chi connectivity index (χ4n) is 2.35. The van der Waals surface area contributed by atoms with E-state index < -0.39 is 0 Å². The average Bonchev–Trinajstić information content (AvgIpc) is 2.82. The summed E-state index contributed by atoms with van der Waals surface area (Å²) in [5.41, 5.74) is 2.52. The van der Waals surface area contributed by atoms with Gasteiger partial charge in [0.15, 0.2) is 18.2 Å². The molecule has 0 amide bonds. The zero-order chi connectivity index (χ0) is 14.5. The zero-order valence-corrected chi connectivity index (χ0v) is 11.7. The Balaban J connectivity index is 1.91. The fourth-order valence-corrected chi connectivity index (χ4v) is 2.35. The van der Waals surface area contributed by atoms with E-state index in [1.165, 1.54) is 0 Å². The van der Waals surface area contributed by atoms with Crippen molar-refractivity contribution in [2.45, 2.75) is 6.42 Å². The van der Waals surface area contributed by atoms with Crippen LogP contribution in [0.1, 0.15) is 16.8 Å². The van der Waals surface area contributed by atoms with E-state index in [4.69, 9.17) is 0 Å². The number of nitrogens with zero attached hydrogens (tertiary/aromatic N) is 1. The molecule has 0 bridgehead atoms. The number of hydrogen-bond donors (Lipinski definition) is 0. The number of benzene rings is 2. The number of carbonyl (C=O) groups is 1. The van der Waals surface area contributed by atoms with Gasteiger partial charge in [0.05, 0.1) is 6.08 Å². The molecule has 2 aromatic carbocycles. The van der Waals surface area contributed by atoms with Gasteiger partial charge in [-0.3, -0.25) is 4.79 Å². The summed E-state index contributed by atoms with van der Waals surface area (Å²) in [6.07, 6.45) is 4.60. The van der Waals surface area contributed by atoms with Crippen LogP contribution in [-0.4, -0.2) is 22.8 Å². The minimum absolute atomic E-state index is 0.0537. The maximum Gasteiger partial charge on any atom is 0.214 e.